The molecule has 0 atom stereocenters. The van der Waals surface area contributed by atoms with Gasteiger partial charge < -0.3 is 14.7 Å². The molecule has 9 nitrogen and oxygen atoms in total. The summed E-state index contributed by atoms with van der Waals surface area (Å²) in [6, 6.07) is 4.14. The monoisotopic (exact) mass is 411 g/mol. The minimum atomic E-state index is -0.429. The second kappa shape index (κ2) is 7.84. The SMILES string of the molecule is Cc1csc(NC(=O)c2cc(O)cc(Oc3cnc(C(=O)N4CCC4)cn3)c2)n1. The lowest BCUT2D eigenvalue weighted by Gasteiger charge is -2.30. The summed E-state index contributed by atoms with van der Waals surface area (Å²) >= 11 is 1.31. The molecule has 1 aromatic carbocycles. The Bertz CT molecular complexity index is 1060. The quantitative estimate of drug-likeness (QED) is 0.663. The molecule has 0 radical (unpaired) electrons. The van der Waals surface area contributed by atoms with Crippen LogP contribution in [0, 0.1) is 6.92 Å². The van der Waals surface area contributed by atoms with Crippen LogP contribution in [0.2, 0.25) is 0 Å². The molecule has 10 heteroatoms. The molecule has 3 heterocycles. The molecule has 4 rings (SSSR count). The zero-order valence-electron chi connectivity index (χ0n) is 15.5. The Morgan fingerprint density at radius 3 is 2.66 bits per heavy atom. The molecule has 1 aliphatic heterocycles. The van der Waals surface area contributed by atoms with E-state index in [1.807, 2.05) is 12.3 Å². The van der Waals surface area contributed by atoms with Crippen molar-refractivity contribution in [3.8, 4) is 17.4 Å². The van der Waals surface area contributed by atoms with Crippen molar-refractivity contribution in [1.82, 2.24) is 19.9 Å². The Morgan fingerprint density at radius 1 is 1.21 bits per heavy atom. The van der Waals surface area contributed by atoms with Gasteiger partial charge in [0.1, 0.15) is 17.2 Å². The maximum atomic E-state index is 12.4. The summed E-state index contributed by atoms with van der Waals surface area (Å²) in [4.78, 5) is 38.6. The normalized spacial score (nSPS) is 12.9. The number of carbonyl (C=O) groups excluding carboxylic acids is 2. The molecule has 148 valence electrons. The van der Waals surface area contributed by atoms with Gasteiger partial charge in [0.15, 0.2) is 5.13 Å². The van der Waals surface area contributed by atoms with Crippen molar-refractivity contribution in [2.45, 2.75) is 13.3 Å². The second-order valence-electron chi connectivity index (χ2n) is 6.45. The first-order chi connectivity index (χ1) is 14.0. The molecule has 1 fully saturated rings. The molecule has 1 aliphatic rings. The highest BCUT2D eigenvalue weighted by Gasteiger charge is 2.23. The predicted octanol–water partition coefficient (Wildman–Crippen LogP) is 2.84. The largest absolute Gasteiger partial charge is 0.508 e. The summed E-state index contributed by atoms with van der Waals surface area (Å²) < 4.78 is 5.59. The third-order valence-corrected chi connectivity index (χ3v) is 5.08. The minimum absolute atomic E-state index is 0.137. The number of rotatable bonds is 5. The third-order valence-electron chi connectivity index (χ3n) is 4.21. The highest BCUT2D eigenvalue weighted by Crippen LogP contribution is 2.26. The number of hydrogen-bond acceptors (Lipinski definition) is 8. The molecule has 1 saturated heterocycles. The van der Waals surface area contributed by atoms with Gasteiger partial charge in [-0.2, -0.15) is 0 Å². The zero-order valence-corrected chi connectivity index (χ0v) is 16.3. The van der Waals surface area contributed by atoms with Crippen LogP contribution >= 0.6 is 11.3 Å². The van der Waals surface area contributed by atoms with Gasteiger partial charge >= 0.3 is 0 Å². The number of nitrogens with zero attached hydrogens (tertiary/aromatic N) is 4. The zero-order chi connectivity index (χ0) is 20.4. The smallest absolute Gasteiger partial charge is 0.274 e. The van der Waals surface area contributed by atoms with Gasteiger partial charge in [0.2, 0.25) is 5.88 Å². The van der Waals surface area contributed by atoms with E-state index >= 15 is 0 Å². The fourth-order valence-corrected chi connectivity index (χ4v) is 3.32. The van der Waals surface area contributed by atoms with Crippen LogP contribution in [-0.4, -0.2) is 49.9 Å². The lowest BCUT2D eigenvalue weighted by Crippen LogP contribution is -2.42. The van der Waals surface area contributed by atoms with E-state index in [1.165, 1.54) is 41.9 Å². The third kappa shape index (κ3) is 4.32. The Labute approximate surface area is 170 Å². The van der Waals surface area contributed by atoms with Gasteiger partial charge in [0, 0.05) is 30.1 Å². The van der Waals surface area contributed by atoms with Gasteiger partial charge in [-0.25, -0.2) is 15.0 Å². The molecule has 0 saturated carbocycles. The number of benzene rings is 1. The minimum Gasteiger partial charge on any atom is -0.508 e. The maximum absolute atomic E-state index is 12.4. The van der Waals surface area contributed by atoms with Crippen LogP contribution < -0.4 is 10.1 Å². The molecule has 2 aromatic heterocycles. The van der Waals surface area contributed by atoms with Crippen LogP contribution in [0.25, 0.3) is 0 Å². The van der Waals surface area contributed by atoms with Crippen molar-refractivity contribution in [3.05, 3.63) is 52.9 Å². The number of thiazole rings is 1. The Morgan fingerprint density at radius 2 is 2.03 bits per heavy atom. The molecule has 2 N–H and O–H groups in total. The number of amides is 2. The van der Waals surface area contributed by atoms with E-state index in [0.29, 0.717) is 5.13 Å². The fourth-order valence-electron chi connectivity index (χ4n) is 2.64. The average Bonchev–Trinajstić information content (AvgIpc) is 3.05. The van der Waals surface area contributed by atoms with Gasteiger partial charge in [-0.05, 0) is 25.5 Å². The van der Waals surface area contributed by atoms with Crippen molar-refractivity contribution in [2.75, 3.05) is 18.4 Å². The van der Waals surface area contributed by atoms with Gasteiger partial charge in [-0.1, -0.05) is 0 Å². The topological polar surface area (TPSA) is 118 Å². The van der Waals surface area contributed by atoms with Crippen molar-refractivity contribution < 1.29 is 19.4 Å². The van der Waals surface area contributed by atoms with E-state index in [0.717, 1.165) is 25.2 Å². The maximum Gasteiger partial charge on any atom is 0.274 e. The lowest BCUT2D eigenvalue weighted by atomic mass is 10.2. The number of carbonyl (C=O) groups is 2. The van der Waals surface area contributed by atoms with E-state index < -0.39 is 5.91 Å². The van der Waals surface area contributed by atoms with E-state index in [4.69, 9.17) is 4.74 Å². The fraction of sp³-hybridized carbons (Fsp3) is 0.211. The summed E-state index contributed by atoms with van der Waals surface area (Å²) in [5, 5.41) is 14.9. The molecule has 2 amide bonds. The number of nitrogens with one attached hydrogen (secondary N) is 1. The van der Waals surface area contributed by atoms with Crippen LogP contribution in [0.15, 0.2) is 36.0 Å². The Hall–Kier alpha value is -3.53. The standard InChI is InChI=1S/C19H17N5O4S/c1-11-10-29-19(22-11)23-17(26)12-5-13(25)7-14(6-12)28-16-9-20-15(8-21-16)18(27)24-3-2-4-24/h5-10,25H,2-4H2,1H3,(H,22,23,26). The first kappa shape index (κ1) is 18.8. The molecule has 0 spiro atoms. The molecular weight excluding hydrogens is 394 g/mol. The van der Waals surface area contributed by atoms with Gasteiger partial charge in [-0.15, -0.1) is 11.3 Å². The molecule has 0 aliphatic carbocycles. The first-order valence-electron chi connectivity index (χ1n) is 8.84. The molecular formula is C19H17N5O4S. The lowest BCUT2D eigenvalue weighted by molar-refractivity contribution is 0.0645. The number of hydrogen-bond donors (Lipinski definition) is 2. The summed E-state index contributed by atoms with van der Waals surface area (Å²) in [5.74, 6) is -0.384. The first-order valence-corrected chi connectivity index (χ1v) is 9.72. The average molecular weight is 411 g/mol. The summed E-state index contributed by atoms with van der Waals surface area (Å²) in [6.07, 6.45) is 3.67. The number of ether oxygens (including phenoxy) is 1. The van der Waals surface area contributed by atoms with Crippen molar-refractivity contribution in [3.63, 3.8) is 0 Å². The highest BCUT2D eigenvalue weighted by molar-refractivity contribution is 7.13. The van der Waals surface area contributed by atoms with Crippen LogP contribution in [-0.2, 0) is 0 Å². The number of phenols is 1. The van der Waals surface area contributed by atoms with E-state index in [1.54, 1.807) is 4.90 Å². The number of aromatic nitrogens is 3. The summed E-state index contributed by atoms with van der Waals surface area (Å²) in [5.41, 5.74) is 1.25. The molecule has 0 bridgehead atoms. The number of aromatic hydroxyl groups is 1. The van der Waals surface area contributed by atoms with Crippen molar-refractivity contribution in [1.29, 1.82) is 0 Å². The van der Waals surface area contributed by atoms with Gasteiger partial charge in [-0.3, -0.25) is 14.9 Å². The van der Waals surface area contributed by atoms with Crippen LogP contribution in [0.3, 0.4) is 0 Å². The summed E-state index contributed by atoms with van der Waals surface area (Å²) in [7, 11) is 0. The summed E-state index contributed by atoms with van der Waals surface area (Å²) in [6.45, 7) is 3.29. The van der Waals surface area contributed by atoms with E-state index in [-0.39, 0.29) is 34.5 Å². The molecule has 29 heavy (non-hydrogen) atoms. The molecule has 0 unspecified atom stereocenters. The second-order valence-corrected chi connectivity index (χ2v) is 7.31. The highest BCUT2D eigenvalue weighted by atomic mass is 32.1. The number of aryl methyl sites for hydroxylation is 1. The number of anilines is 1. The van der Waals surface area contributed by atoms with Crippen molar-refractivity contribution >= 4 is 28.3 Å². The van der Waals surface area contributed by atoms with E-state index in [9.17, 15) is 14.7 Å². The Kier molecular flexibility index (Phi) is 5.09. The van der Waals surface area contributed by atoms with Gasteiger partial charge in [0.25, 0.3) is 11.8 Å². The molecule has 3 aromatic rings. The van der Waals surface area contributed by atoms with E-state index in [2.05, 4.69) is 20.3 Å². The number of phenolic OH excluding ortho intramolecular Hbond substituents is 1. The predicted molar refractivity (Wildman–Crippen MR) is 106 cm³/mol. The van der Waals surface area contributed by atoms with Crippen LogP contribution in [0.4, 0.5) is 5.13 Å². The van der Waals surface area contributed by atoms with Gasteiger partial charge in [0.05, 0.1) is 18.1 Å². The van der Waals surface area contributed by atoms with Crippen molar-refractivity contribution in [2.24, 2.45) is 0 Å². The Balaban J connectivity index is 1.47. The van der Waals surface area contributed by atoms with Crippen LogP contribution in [0.1, 0.15) is 33.0 Å². The van der Waals surface area contributed by atoms with Crippen LogP contribution in [0.5, 0.6) is 17.4 Å². The number of likely N-dealkylation sites (tertiary alicyclic amines) is 1.